The predicted molar refractivity (Wildman–Crippen MR) is 98.7 cm³/mol. The number of nitrogens with one attached hydrogen (secondary N) is 2. The molecular weight excluding hydrogens is 316 g/mol. The highest BCUT2D eigenvalue weighted by atomic mass is 16.4. The quantitative estimate of drug-likeness (QED) is 0.690. The van der Waals surface area contributed by atoms with E-state index in [0.717, 1.165) is 16.7 Å². The average Bonchev–Trinajstić information content (AvgIpc) is 2.53. The van der Waals surface area contributed by atoms with E-state index in [0.29, 0.717) is 18.7 Å². The van der Waals surface area contributed by atoms with Crippen LogP contribution < -0.4 is 10.6 Å². The molecule has 0 fully saturated rings. The molecule has 25 heavy (non-hydrogen) atoms. The number of hydrogen-bond acceptors (Lipinski definition) is 3. The summed E-state index contributed by atoms with van der Waals surface area (Å²) < 4.78 is 0. The van der Waals surface area contributed by atoms with E-state index in [1.54, 1.807) is 0 Å². The van der Waals surface area contributed by atoms with Crippen molar-refractivity contribution in [1.82, 2.24) is 5.32 Å². The summed E-state index contributed by atoms with van der Waals surface area (Å²) in [6.45, 7) is 4.40. The summed E-state index contributed by atoms with van der Waals surface area (Å²) in [5, 5.41) is 15.1. The molecule has 2 aromatic rings. The van der Waals surface area contributed by atoms with Crippen LogP contribution in [0.5, 0.6) is 0 Å². The van der Waals surface area contributed by atoms with Gasteiger partial charge in [-0.3, -0.25) is 9.59 Å². The van der Waals surface area contributed by atoms with Crippen molar-refractivity contribution in [2.45, 2.75) is 32.7 Å². The van der Waals surface area contributed by atoms with Crippen molar-refractivity contribution < 1.29 is 14.7 Å². The average molecular weight is 340 g/mol. The Morgan fingerprint density at radius 1 is 1.04 bits per heavy atom. The number of amides is 1. The molecule has 0 saturated carbocycles. The lowest BCUT2D eigenvalue weighted by Gasteiger charge is -2.15. The number of hydrogen-bond donors (Lipinski definition) is 3. The van der Waals surface area contributed by atoms with Gasteiger partial charge in [-0.25, -0.2) is 0 Å². The van der Waals surface area contributed by atoms with Crippen LogP contribution in [0.2, 0.25) is 0 Å². The van der Waals surface area contributed by atoms with Gasteiger partial charge in [-0.15, -0.1) is 0 Å². The molecule has 1 unspecified atom stereocenters. The second-order valence-electron chi connectivity index (χ2n) is 6.21. The van der Waals surface area contributed by atoms with Gasteiger partial charge in [0.25, 0.3) is 0 Å². The Kier molecular flexibility index (Phi) is 6.71. The van der Waals surface area contributed by atoms with Crippen molar-refractivity contribution in [3.8, 4) is 0 Å². The third-order valence-corrected chi connectivity index (χ3v) is 3.84. The smallest absolute Gasteiger partial charge is 0.321 e. The van der Waals surface area contributed by atoms with Crippen molar-refractivity contribution in [3.63, 3.8) is 0 Å². The molecule has 1 atom stereocenters. The Balaban J connectivity index is 1.87. The molecule has 1 amide bonds. The van der Waals surface area contributed by atoms with Crippen molar-refractivity contribution in [2.24, 2.45) is 0 Å². The number of rotatable bonds is 8. The van der Waals surface area contributed by atoms with Gasteiger partial charge in [0.15, 0.2) is 0 Å². The van der Waals surface area contributed by atoms with Gasteiger partial charge in [0.2, 0.25) is 5.91 Å². The van der Waals surface area contributed by atoms with Crippen LogP contribution >= 0.6 is 0 Å². The van der Waals surface area contributed by atoms with Crippen LogP contribution in [0.3, 0.4) is 0 Å². The lowest BCUT2D eigenvalue weighted by Crippen LogP contribution is -2.40. The maximum Gasteiger partial charge on any atom is 0.321 e. The fourth-order valence-electron chi connectivity index (χ4n) is 2.73. The van der Waals surface area contributed by atoms with Crippen LogP contribution in [0.1, 0.15) is 23.1 Å². The molecular formula is C20H24N2O3. The van der Waals surface area contributed by atoms with Gasteiger partial charge in [0, 0.05) is 5.69 Å². The molecule has 3 N–H and O–H groups in total. The molecule has 0 aliphatic rings. The molecule has 0 heterocycles. The lowest BCUT2D eigenvalue weighted by atomic mass is 10.1. The minimum atomic E-state index is -1.02. The summed E-state index contributed by atoms with van der Waals surface area (Å²) in [4.78, 5) is 23.6. The zero-order valence-corrected chi connectivity index (χ0v) is 14.6. The van der Waals surface area contributed by atoms with Crippen molar-refractivity contribution in [1.29, 1.82) is 0 Å². The number of anilines is 1. The maximum absolute atomic E-state index is 12.2. The molecule has 132 valence electrons. The second-order valence-corrected chi connectivity index (χ2v) is 6.21. The van der Waals surface area contributed by atoms with Crippen LogP contribution in [-0.2, 0) is 16.0 Å². The van der Waals surface area contributed by atoms with E-state index in [1.165, 1.54) is 0 Å². The van der Waals surface area contributed by atoms with E-state index in [2.05, 4.69) is 10.6 Å². The number of carbonyl (C=O) groups is 2. The van der Waals surface area contributed by atoms with Gasteiger partial charge in [-0.2, -0.15) is 0 Å². The molecule has 2 rings (SSSR count). The largest absolute Gasteiger partial charge is 0.480 e. The minimum absolute atomic E-state index is 0.114. The highest BCUT2D eigenvalue weighted by Crippen LogP contribution is 2.14. The molecule has 0 saturated heterocycles. The summed E-state index contributed by atoms with van der Waals surface area (Å²) in [5.41, 5.74) is 3.91. The fourth-order valence-corrected chi connectivity index (χ4v) is 2.73. The molecule has 5 nitrogen and oxygen atoms in total. The van der Waals surface area contributed by atoms with Gasteiger partial charge in [-0.1, -0.05) is 36.4 Å². The van der Waals surface area contributed by atoms with Gasteiger partial charge in [0.1, 0.15) is 6.04 Å². The van der Waals surface area contributed by atoms with Crippen molar-refractivity contribution in [3.05, 3.63) is 65.2 Å². The number of carboxylic acid groups (broad SMARTS) is 1. The molecule has 2 aromatic carbocycles. The van der Waals surface area contributed by atoms with E-state index >= 15 is 0 Å². The maximum atomic E-state index is 12.2. The second kappa shape index (κ2) is 8.99. The Morgan fingerprint density at radius 3 is 2.28 bits per heavy atom. The summed E-state index contributed by atoms with van der Waals surface area (Å²) in [6, 6.07) is 14.6. The van der Waals surface area contributed by atoms with Crippen LogP contribution in [0.4, 0.5) is 5.69 Å². The zero-order valence-electron chi connectivity index (χ0n) is 14.6. The first kappa shape index (κ1) is 18.7. The normalized spacial score (nSPS) is 11.8. The molecule has 0 radical (unpaired) electrons. The zero-order chi connectivity index (χ0) is 18.2. The van der Waals surface area contributed by atoms with E-state index < -0.39 is 12.0 Å². The van der Waals surface area contributed by atoms with Gasteiger partial charge >= 0.3 is 5.97 Å². The van der Waals surface area contributed by atoms with E-state index in [4.69, 9.17) is 0 Å². The number of carboxylic acids is 1. The Bertz CT molecular complexity index is 709. The molecule has 5 heteroatoms. The summed E-state index contributed by atoms with van der Waals surface area (Å²) in [6.07, 6.45) is 0.598. The summed E-state index contributed by atoms with van der Waals surface area (Å²) in [7, 11) is 0. The van der Waals surface area contributed by atoms with Crippen LogP contribution in [0, 0.1) is 13.8 Å². The lowest BCUT2D eigenvalue weighted by molar-refractivity contribution is -0.141. The van der Waals surface area contributed by atoms with Crippen LogP contribution in [0.25, 0.3) is 0 Å². The summed E-state index contributed by atoms with van der Waals surface area (Å²) >= 11 is 0. The number of benzene rings is 2. The summed E-state index contributed by atoms with van der Waals surface area (Å²) in [5.74, 6) is -1.34. The third-order valence-electron chi connectivity index (χ3n) is 3.84. The first-order valence-electron chi connectivity index (χ1n) is 8.32. The minimum Gasteiger partial charge on any atom is -0.480 e. The first-order chi connectivity index (χ1) is 11.9. The predicted octanol–water partition coefficient (Wildman–Crippen LogP) is 2.92. The topological polar surface area (TPSA) is 78.4 Å². The Labute approximate surface area is 148 Å². The highest BCUT2D eigenvalue weighted by molar-refractivity contribution is 5.94. The number of carbonyl (C=O) groups excluding carboxylic acids is 1. The van der Waals surface area contributed by atoms with E-state index in [1.807, 2.05) is 62.4 Å². The van der Waals surface area contributed by atoms with Gasteiger partial charge in [-0.05, 0) is 55.6 Å². The molecule has 0 aliphatic heterocycles. The van der Waals surface area contributed by atoms with Crippen molar-refractivity contribution in [2.75, 3.05) is 11.9 Å². The highest BCUT2D eigenvalue weighted by Gasteiger charge is 2.20. The Hall–Kier alpha value is -2.66. The number of aryl methyl sites for hydroxylation is 2. The van der Waals surface area contributed by atoms with E-state index in [9.17, 15) is 14.7 Å². The van der Waals surface area contributed by atoms with Gasteiger partial charge in [0.05, 0.1) is 6.42 Å². The first-order valence-corrected chi connectivity index (χ1v) is 8.32. The fraction of sp³-hybridized carbons (Fsp3) is 0.300. The SMILES string of the molecule is Cc1cc(C)cc(NC(=O)CC(NCCc2ccccc2)C(=O)O)c1. The molecule has 0 spiro atoms. The van der Waals surface area contributed by atoms with Crippen LogP contribution in [0.15, 0.2) is 48.5 Å². The van der Waals surface area contributed by atoms with Crippen molar-refractivity contribution >= 4 is 17.6 Å². The standard InChI is InChI=1S/C20H24N2O3/c1-14-10-15(2)12-17(11-14)22-19(23)13-18(20(24)25)21-9-8-16-6-4-3-5-7-16/h3-7,10-12,18,21H,8-9,13H2,1-2H3,(H,22,23)(H,24,25). The van der Waals surface area contributed by atoms with E-state index in [-0.39, 0.29) is 12.3 Å². The van der Waals surface area contributed by atoms with Gasteiger partial charge < -0.3 is 15.7 Å². The molecule has 0 aromatic heterocycles. The number of aliphatic carboxylic acids is 1. The molecule has 0 aliphatic carbocycles. The Morgan fingerprint density at radius 2 is 1.68 bits per heavy atom. The molecule has 0 bridgehead atoms. The monoisotopic (exact) mass is 340 g/mol. The van der Waals surface area contributed by atoms with Crippen LogP contribution in [-0.4, -0.2) is 29.6 Å². The third kappa shape index (κ3) is 6.39.